The van der Waals surface area contributed by atoms with Crippen molar-refractivity contribution in [1.82, 2.24) is 9.97 Å². The highest BCUT2D eigenvalue weighted by molar-refractivity contribution is 6.30. The average Bonchev–Trinajstić information content (AvgIpc) is 2.21. The number of aromatic nitrogens is 2. The van der Waals surface area contributed by atoms with Gasteiger partial charge in [-0.05, 0) is 20.8 Å². The second kappa shape index (κ2) is 4.77. The Morgan fingerprint density at radius 3 is 2.53 bits per heavy atom. The molecule has 0 radical (unpaired) electrons. The van der Waals surface area contributed by atoms with Crippen molar-refractivity contribution in [1.29, 1.82) is 0 Å². The lowest BCUT2D eigenvalue weighted by molar-refractivity contribution is 0.269. The van der Waals surface area contributed by atoms with Crippen LogP contribution in [0, 0.1) is 13.8 Å². The summed E-state index contributed by atoms with van der Waals surface area (Å²) in [7, 11) is 1.88. The molecular weight excluding hydrogens is 214 g/mol. The molecule has 1 aromatic rings. The van der Waals surface area contributed by atoms with Gasteiger partial charge in [0.25, 0.3) is 0 Å². The quantitative estimate of drug-likeness (QED) is 0.800. The van der Waals surface area contributed by atoms with Gasteiger partial charge in [0.15, 0.2) is 0 Å². The van der Waals surface area contributed by atoms with Gasteiger partial charge in [-0.15, -0.1) is 0 Å². The molecule has 0 fully saturated rings. The largest absolute Gasteiger partial charge is 0.394 e. The minimum Gasteiger partial charge on any atom is -0.394 e. The van der Waals surface area contributed by atoms with Crippen molar-refractivity contribution in [2.75, 3.05) is 18.6 Å². The summed E-state index contributed by atoms with van der Waals surface area (Å²) in [5.41, 5.74) is 0.838. The second-order valence-corrected chi connectivity index (χ2v) is 4.01. The summed E-state index contributed by atoms with van der Waals surface area (Å²) in [6.45, 7) is 5.67. The number of hydrogen-bond acceptors (Lipinski definition) is 4. The topological polar surface area (TPSA) is 49.2 Å². The number of aliphatic hydroxyl groups is 1. The Kier molecular flexibility index (Phi) is 3.88. The van der Waals surface area contributed by atoms with Gasteiger partial charge < -0.3 is 10.0 Å². The van der Waals surface area contributed by atoms with Crippen LogP contribution in [-0.2, 0) is 0 Å². The second-order valence-electron chi connectivity index (χ2n) is 3.65. The molecule has 84 valence electrons. The number of hydrogen-bond donors (Lipinski definition) is 1. The van der Waals surface area contributed by atoms with Crippen LogP contribution in [0.5, 0.6) is 0 Å². The molecule has 5 heteroatoms. The van der Waals surface area contributed by atoms with Crippen LogP contribution >= 0.6 is 11.6 Å². The van der Waals surface area contributed by atoms with E-state index < -0.39 is 0 Å². The molecule has 1 heterocycles. The third kappa shape index (κ3) is 2.58. The predicted molar refractivity (Wildman–Crippen MR) is 61.5 cm³/mol. The van der Waals surface area contributed by atoms with Crippen LogP contribution in [0.2, 0.25) is 5.15 Å². The van der Waals surface area contributed by atoms with Crippen molar-refractivity contribution in [3.8, 4) is 0 Å². The van der Waals surface area contributed by atoms with E-state index in [2.05, 4.69) is 9.97 Å². The van der Waals surface area contributed by atoms with Crippen molar-refractivity contribution < 1.29 is 5.11 Å². The molecule has 0 saturated heterocycles. The average molecular weight is 230 g/mol. The highest BCUT2D eigenvalue weighted by atomic mass is 35.5. The first-order valence-electron chi connectivity index (χ1n) is 4.81. The molecule has 0 saturated carbocycles. The van der Waals surface area contributed by atoms with Crippen molar-refractivity contribution in [2.24, 2.45) is 0 Å². The van der Waals surface area contributed by atoms with Crippen LogP contribution in [0.3, 0.4) is 0 Å². The lowest BCUT2D eigenvalue weighted by Gasteiger charge is -2.26. The summed E-state index contributed by atoms with van der Waals surface area (Å²) < 4.78 is 0. The molecule has 15 heavy (non-hydrogen) atoms. The first kappa shape index (κ1) is 12.2. The van der Waals surface area contributed by atoms with Crippen LogP contribution in [0.4, 0.5) is 5.82 Å². The van der Waals surface area contributed by atoms with Crippen molar-refractivity contribution in [2.45, 2.75) is 26.8 Å². The molecule has 0 amide bonds. The van der Waals surface area contributed by atoms with E-state index in [1.54, 1.807) is 6.92 Å². The number of anilines is 1. The summed E-state index contributed by atoms with van der Waals surface area (Å²) in [5.74, 6) is 1.41. The van der Waals surface area contributed by atoms with Crippen LogP contribution < -0.4 is 4.90 Å². The maximum atomic E-state index is 9.08. The Bertz CT molecular complexity index is 357. The summed E-state index contributed by atoms with van der Waals surface area (Å²) >= 11 is 5.97. The van der Waals surface area contributed by atoms with E-state index >= 15 is 0 Å². The lowest BCUT2D eigenvalue weighted by atomic mass is 10.2. The van der Waals surface area contributed by atoms with E-state index in [4.69, 9.17) is 16.7 Å². The van der Waals surface area contributed by atoms with E-state index in [9.17, 15) is 0 Å². The Labute approximate surface area is 94.9 Å². The van der Waals surface area contributed by atoms with E-state index in [0.29, 0.717) is 11.0 Å². The number of halogens is 1. The third-order valence-corrected chi connectivity index (χ3v) is 2.80. The molecule has 1 atom stereocenters. The van der Waals surface area contributed by atoms with E-state index in [1.807, 2.05) is 25.8 Å². The summed E-state index contributed by atoms with van der Waals surface area (Å²) in [4.78, 5) is 10.3. The summed E-state index contributed by atoms with van der Waals surface area (Å²) in [6, 6.07) is 0.00840. The summed E-state index contributed by atoms with van der Waals surface area (Å²) in [6.07, 6.45) is 0. The molecule has 4 nitrogen and oxygen atoms in total. The highest BCUT2D eigenvalue weighted by Crippen LogP contribution is 2.23. The maximum absolute atomic E-state index is 9.08. The normalized spacial score (nSPS) is 12.7. The fourth-order valence-corrected chi connectivity index (χ4v) is 1.46. The van der Waals surface area contributed by atoms with Gasteiger partial charge in [0.1, 0.15) is 16.8 Å². The van der Waals surface area contributed by atoms with Gasteiger partial charge in [-0.25, -0.2) is 9.97 Å². The molecule has 1 rings (SSSR count). The fraction of sp³-hybridized carbons (Fsp3) is 0.600. The molecular formula is C10H16ClN3O. The van der Waals surface area contributed by atoms with E-state index in [1.165, 1.54) is 0 Å². The Morgan fingerprint density at radius 1 is 1.40 bits per heavy atom. The van der Waals surface area contributed by atoms with Gasteiger partial charge in [0.2, 0.25) is 0 Å². The number of nitrogens with zero attached hydrogens (tertiary/aromatic N) is 3. The molecule has 0 spiro atoms. The fourth-order valence-electron chi connectivity index (χ4n) is 1.25. The van der Waals surface area contributed by atoms with Gasteiger partial charge in [0.05, 0.1) is 12.6 Å². The Morgan fingerprint density at radius 2 is 2.00 bits per heavy atom. The molecule has 1 aromatic heterocycles. The highest BCUT2D eigenvalue weighted by Gasteiger charge is 2.15. The zero-order valence-corrected chi connectivity index (χ0v) is 10.2. The first-order chi connectivity index (χ1) is 6.97. The molecule has 0 aromatic carbocycles. The standard InChI is InChI=1S/C10H16ClN3O/c1-6(5-15)14(4)10-7(2)9(11)12-8(3)13-10/h6,15H,5H2,1-4H3. The summed E-state index contributed by atoms with van der Waals surface area (Å²) in [5, 5.41) is 9.55. The molecule has 0 aliphatic carbocycles. The zero-order valence-electron chi connectivity index (χ0n) is 9.45. The van der Waals surface area contributed by atoms with Crippen molar-refractivity contribution >= 4 is 17.4 Å². The Balaban J connectivity index is 3.13. The molecule has 1 N–H and O–H groups in total. The van der Waals surface area contributed by atoms with Crippen LogP contribution in [0.25, 0.3) is 0 Å². The predicted octanol–water partition coefficient (Wildman–Crippen LogP) is 1.56. The minimum atomic E-state index is 0.00840. The Hall–Kier alpha value is -0.870. The van der Waals surface area contributed by atoms with E-state index in [0.717, 1.165) is 11.4 Å². The lowest BCUT2D eigenvalue weighted by Crippen LogP contribution is -2.33. The SMILES string of the molecule is Cc1nc(Cl)c(C)c(N(C)C(C)CO)n1. The number of rotatable bonds is 3. The number of aliphatic hydroxyl groups excluding tert-OH is 1. The zero-order chi connectivity index (χ0) is 11.6. The van der Waals surface area contributed by atoms with Gasteiger partial charge >= 0.3 is 0 Å². The van der Waals surface area contributed by atoms with Crippen molar-refractivity contribution in [3.63, 3.8) is 0 Å². The van der Waals surface area contributed by atoms with Gasteiger partial charge in [-0.1, -0.05) is 11.6 Å². The monoisotopic (exact) mass is 229 g/mol. The number of likely N-dealkylation sites (N-methyl/N-ethyl adjacent to an activating group) is 1. The van der Waals surface area contributed by atoms with Gasteiger partial charge in [-0.3, -0.25) is 0 Å². The van der Waals surface area contributed by atoms with Crippen molar-refractivity contribution in [3.05, 3.63) is 16.5 Å². The van der Waals surface area contributed by atoms with Gasteiger partial charge in [-0.2, -0.15) is 0 Å². The maximum Gasteiger partial charge on any atom is 0.137 e. The first-order valence-corrected chi connectivity index (χ1v) is 5.19. The van der Waals surface area contributed by atoms with Crippen LogP contribution in [0.15, 0.2) is 0 Å². The molecule has 1 unspecified atom stereocenters. The number of aryl methyl sites for hydroxylation is 1. The smallest absolute Gasteiger partial charge is 0.137 e. The van der Waals surface area contributed by atoms with E-state index in [-0.39, 0.29) is 12.6 Å². The van der Waals surface area contributed by atoms with Crippen LogP contribution in [0.1, 0.15) is 18.3 Å². The molecule has 0 aliphatic rings. The van der Waals surface area contributed by atoms with Gasteiger partial charge in [0, 0.05) is 12.6 Å². The van der Waals surface area contributed by atoms with Crippen LogP contribution in [-0.4, -0.2) is 34.8 Å². The third-order valence-electron chi connectivity index (χ3n) is 2.43. The molecule has 0 aliphatic heterocycles. The molecule has 0 bridgehead atoms. The minimum absolute atomic E-state index is 0.00840.